The van der Waals surface area contributed by atoms with Gasteiger partial charge in [0.15, 0.2) is 17.5 Å². The molecule has 0 aliphatic carbocycles. The predicted octanol–water partition coefficient (Wildman–Crippen LogP) is 13.9. The second kappa shape index (κ2) is 13.2. The Morgan fingerprint density at radius 1 is 0.359 bits per heavy atom. The fourth-order valence-electron chi connectivity index (χ4n) is 10.8. The first-order valence-electron chi connectivity index (χ1n) is 21.7. The van der Waals surface area contributed by atoms with Crippen molar-refractivity contribution >= 4 is 43.6 Å². The van der Waals surface area contributed by atoms with E-state index >= 15 is 0 Å². The van der Waals surface area contributed by atoms with Crippen molar-refractivity contribution in [2.75, 3.05) is 0 Å². The van der Waals surface area contributed by atoms with Gasteiger partial charge >= 0.3 is 0 Å². The zero-order valence-corrected chi connectivity index (χ0v) is 34.4. The molecule has 2 aliphatic heterocycles. The Morgan fingerprint density at radius 3 is 1.62 bits per heavy atom. The molecule has 9 aromatic carbocycles. The van der Waals surface area contributed by atoms with Crippen molar-refractivity contribution in [3.8, 4) is 57.0 Å². The summed E-state index contributed by atoms with van der Waals surface area (Å²) in [5, 5.41) is 4.71. The van der Waals surface area contributed by atoms with Crippen molar-refractivity contribution in [2.24, 2.45) is 0 Å². The van der Waals surface area contributed by atoms with Crippen LogP contribution in [0.4, 0.5) is 0 Å². The topological polar surface area (TPSA) is 57.8 Å². The molecule has 1 spiro atoms. The van der Waals surface area contributed by atoms with Gasteiger partial charge in [-0.1, -0.05) is 158 Å². The summed E-state index contributed by atoms with van der Waals surface area (Å²) in [6.45, 7) is 0. The average Bonchev–Trinajstić information content (AvgIpc) is 3.90. The minimum absolute atomic E-state index is 0.620. The largest absolute Gasteiger partial charge is 0.456 e. The normalized spacial score (nSPS) is 14.8. The van der Waals surface area contributed by atoms with Gasteiger partial charge in [-0.3, -0.25) is 0 Å². The molecule has 64 heavy (non-hydrogen) atoms. The summed E-state index contributed by atoms with van der Waals surface area (Å²) in [5.74, 6) is 3.64. The molecular formula is C58H35N5O. The maximum Gasteiger partial charge on any atom is 0.164 e. The first-order valence-corrected chi connectivity index (χ1v) is 21.7. The molecule has 5 heterocycles. The van der Waals surface area contributed by atoms with Crippen LogP contribution in [0.5, 0.6) is 11.5 Å². The fraction of sp³-hybridized carbons (Fsp3) is 0.0172. The van der Waals surface area contributed by atoms with Crippen LogP contribution in [-0.2, 0) is 5.41 Å². The Labute approximate surface area is 368 Å². The summed E-state index contributed by atoms with van der Waals surface area (Å²) < 4.78 is 12.1. The highest BCUT2D eigenvalue weighted by Crippen LogP contribution is 2.62. The van der Waals surface area contributed by atoms with E-state index in [2.05, 4.69) is 161 Å². The lowest BCUT2D eigenvalue weighted by molar-refractivity contribution is 0.439. The molecular weight excluding hydrogens is 783 g/mol. The highest BCUT2D eigenvalue weighted by molar-refractivity contribution is 6.15. The van der Waals surface area contributed by atoms with Crippen LogP contribution in [0.15, 0.2) is 212 Å². The molecule has 0 saturated heterocycles. The summed E-state index contributed by atoms with van der Waals surface area (Å²) >= 11 is 0. The number of hydrogen-bond donors (Lipinski definition) is 0. The van der Waals surface area contributed by atoms with Crippen LogP contribution in [0.2, 0.25) is 0 Å². The number of nitrogens with zero attached hydrogens (tertiary/aromatic N) is 5. The highest BCUT2D eigenvalue weighted by atomic mass is 16.5. The van der Waals surface area contributed by atoms with E-state index in [1.165, 1.54) is 38.6 Å². The van der Waals surface area contributed by atoms with Crippen molar-refractivity contribution in [3.05, 3.63) is 235 Å². The molecule has 2 aliphatic rings. The van der Waals surface area contributed by atoms with E-state index in [4.69, 9.17) is 19.7 Å². The number of ether oxygens (including phenoxy) is 1. The predicted molar refractivity (Wildman–Crippen MR) is 257 cm³/mol. The molecule has 0 saturated carbocycles. The summed E-state index contributed by atoms with van der Waals surface area (Å²) in [5.41, 5.74) is 13.7. The third-order valence-corrected chi connectivity index (χ3v) is 13.4. The third kappa shape index (κ3) is 4.71. The summed E-state index contributed by atoms with van der Waals surface area (Å²) in [7, 11) is 0. The monoisotopic (exact) mass is 817 g/mol. The lowest BCUT2D eigenvalue weighted by atomic mass is 9.61. The molecule has 0 radical (unpaired) electrons. The average molecular weight is 818 g/mol. The smallest absolute Gasteiger partial charge is 0.164 e. The number of hydrogen-bond acceptors (Lipinski definition) is 4. The Kier molecular flexibility index (Phi) is 7.22. The first kappa shape index (κ1) is 35.0. The van der Waals surface area contributed by atoms with Crippen LogP contribution in [0.1, 0.15) is 22.3 Å². The summed E-state index contributed by atoms with van der Waals surface area (Å²) in [6, 6.07) is 75.3. The van der Waals surface area contributed by atoms with Gasteiger partial charge in [-0.2, -0.15) is 0 Å². The SMILES string of the molecule is c1ccc(-c2nc(-c3ccccc3)nc(-c3ccc(-n4c5ccccc5c5c6c(ccc54)C4(c5ccccc5O6)c5ccccc5-n5c6ccccc6c6cccc4c65)cc3)n2)cc1. The molecule has 6 nitrogen and oxygen atoms in total. The Morgan fingerprint density at radius 2 is 0.906 bits per heavy atom. The van der Waals surface area contributed by atoms with E-state index in [1.54, 1.807) is 0 Å². The molecule has 1 atom stereocenters. The van der Waals surface area contributed by atoms with Gasteiger partial charge in [0, 0.05) is 49.7 Å². The minimum atomic E-state index is -0.661. The number of rotatable bonds is 4. The van der Waals surface area contributed by atoms with Crippen LogP contribution in [0, 0.1) is 0 Å². The molecule has 3 aromatic heterocycles. The molecule has 12 aromatic rings. The zero-order valence-electron chi connectivity index (χ0n) is 34.4. The molecule has 1 unspecified atom stereocenters. The quantitative estimate of drug-likeness (QED) is 0.177. The van der Waals surface area contributed by atoms with E-state index in [9.17, 15) is 0 Å². The highest BCUT2D eigenvalue weighted by Gasteiger charge is 2.50. The second-order valence-corrected chi connectivity index (χ2v) is 16.7. The van der Waals surface area contributed by atoms with Crippen molar-refractivity contribution in [2.45, 2.75) is 5.41 Å². The van der Waals surface area contributed by atoms with E-state index in [0.717, 1.165) is 66.8 Å². The number of para-hydroxylation sites is 5. The standard InChI is InChI=1S/C58H35N5O/c1-3-16-36(17-4-1)55-59-56(37-18-5-2-6-19-37)61-57(60-55)38-30-32-39(33-31-38)62-48-27-12-8-21-42(48)52-50(62)35-34-46-54(52)64-51-29-14-10-24-44(51)58(46)43-23-9-13-28-49(43)63-47-26-11-7-20-40(47)41-22-15-25-45(58)53(41)63/h1-35H. The van der Waals surface area contributed by atoms with E-state index in [1.807, 2.05) is 60.7 Å². The molecule has 0 amide bonds. The maximum atomic E-state index is 7.26. The Balaban J connectivity index is 0.996. The number of benzene rings is 9. The van der Waals surface area contributed by atoms with Gasteiger partial charge in [0.2, 0.25) is 0 Å². The number of aromatic nitrogens is 5. The second-order valence-electron chi connectivity index (χ2n) is 16.7. The Hall–Kier alpha value is -8.61. The van der Waals surface area contributed by atoms with E-state index in [-0.39, 0.29) is 0 Å². The van der Waals surface area contributed by atoms with Crippen molar-refractivity contribution < 1.29 is 4.74 Å². The van der Waals surface area contributed by atoms with Crippen LogP contribution in [-0.4, -0.2) is 24.1 Å². The van der Waals surface area contributed by atoms with Gasteiger partial charge in [0.25, 0.3) is 0 Å². The fourth-order valence-corrected chi connectivity index (χ4v) is 10.8. The Bertz CT molecular complexity index is 3810. The van der Waals surface area contributed by atoms with Crippen molar-refractivity contribution in [1.29, 1.82) is 0 Å². The van der Waals surface area contributed by atoms with Gasteiger partial charge < -0.3 is 13.9 Å². The number of fused-ring (bicyclic) bond motifs is 15. The molecule has 0 bridgehead atoms. The molecule has 298 valence electrons. The maximum absolute atomic E-state index is 7.26. The molecule has 0 N–H and O–H groups in total. The van der Waals surface area contributed by atoms with E-state index < -0.39 is 5.41 Å². The van der Waals surface area contributed by atoms with Crippen LogP contribution < -0.4 is 4.74 Å². The molecule has 6 heteroatoms. The van der Waals surface area contributed by atoms with E-state index in [0.29, 0.717) is 17.5 Å². The first-order chi connectivity index (χ1) is 31.8. The lowest BCUT2D eigenvalue weighted by Crippen LogP contribution is -2.37. The van der Waals surface area contributed by atoms with Gasteiger partial charge in [0.1, 0.15) is 11.5 Å². The summed E-state index contributed by atoms with van der Waals surface area (Å²) in [6.07, 6.45) is 0. The minimum Gasteiger partial charge on any atom is -0.456 e. The van der Waals surface area contributed by atoms with Crippen LogP contribution in [0.3, 0.4) is 0 Å². The van der Waals surface area contributed by atoms with Crippen LogP contribution in [0.25, 0.3) is 89.2 Å². The van der Waals surface area contributed by atoms with Crippen molar-refractivity contribution in [1.82, 2.24) is 24.1 Å². The molecule has 14 rings (SSSR count). The van der Waals surface area contributed by atoms with Gasteiger partial charge in [-0.15, -0.1) is 0 Å². The lowest BCUT2D eigenvalue weighted by Gasteiger charge is -2.45. The van der Waals surface area contributed by atoms with Crippen LogP contribution >= 0.6 is 0 Å². The van der Waals surface area contributed by atoms with Gasteiger partial charge in [-0.25, -0.2) is 15.0 Å². The van der Waals surface area contributed by atoms with Crippen molar-refractivity contribution in [3.63, 3.8) is 0 Å². The summed E-state index contributed by atoms with van der Waals surface area (Å²) in [4.78, 5) is 14.9. The zero-order chi connectivity index (χ0) is 41.9. The third-order valence-electron chi connectivity index (χ3n) is 13.4. The van der Waals surface area contributed by atoms with Gasteiger partial charge in [-0.05, 0) is 65.7 Å². The van der Waals surface area contributed by atoms with Gasteiger partial charge in [0.05, 0.1) is 38.6 Å². The molecule has 0 fully saturated rings.